The van der Waals surface area contributed by atoms with Crippen LogP contribution in [0.15, 0.2) is 77.3 Å². The van der Waals surface area contributed by atoms with Gasteiger partial charge in [-0.25, -0.2) is 0 Å². The molecule has 1 aliphatic rings. The summed E-state index contributed by atoms with van der Waals surface area (Å²) in [6.45, 7) is 0.517. The van der Waals surface area contributed by atoms with E-state index in [-0.39, 0.29) is 5.91 Å². The Hall–Kier alpha value is -2.85. The van der Waals surface area contributed by atoms with Gasteiger partial charge in [-0.05, 0) is 47.5 Å². The lowest BCUT2D eigenvalue weighted by Crippen LogP contribution is -2.03. The molecule has 1 heterocycles. The molecule has 3 aromatic rings. The first-order valence-electron chi connectivity index (χ1n) is 8.29. The van der Waals surface area contributed by atoms with Gasteiger partial charge in [0, 0.05) is 21.3 Å². The second-order valence-electron chi connectivity index (χ2n) is 6.04. The van der Waals surface area contributed by atoms with Crippen molar-refractivity contribution in [1.82, 2.24) is 0 Å². The molecule has 1 amide bonds. The van der Waals surface area contributed by atoms with Crippen LogP contribution in [-0.2, 0) is 11.4 Å². The Bertz CT molecular complexity index is 976. The summed E-state index contributed by atoms with van der Waals surface area (Å²) in [7, 11) is 0. The van der Waals surface area contributed by atoms with Crippen LogP contribution in [0, 0.1) is 0 Å². The highest BCUT2D eigenvalue weighted by Crippen LogP contribution is 2.32. The molecule has 0 saturated carbocycles. The molecule has 0 bridgehead atoms. The molecule has 26 heavy (non-hydrogen) atoms. The highest BCUT2D eigenvalue weighted by molar-refractivity contribution is 9.10. The van der Waals surface area contributed by atoms with E-state index in [1.807, 2.05) is 78.9 Å². The Kier molecular flexibility index (Phi) is 4.59. The van der Waals surface area contributed by atoms with Crippen LogP contribution in [0.3, 0.4) is 0 Å². The Morgan fingerprint density at radius 3 is 2.42 bits per heavy atom. The third kappa shape index (κ3) is 3.55. The Balaban J connectivity index is 1.48. The number of amides is 1. The van der Waals surface area contributed by atoms with Crippen LogP contribution < -0.4 is 10.1 Å². The molecule has 0 aromatic heterocycles. The Labute approximate surface area is 160 Å². The normalized spacial score (nSPS) is 14.2. The third-order valence-corrected chi connectivity index (χ3v) is 4.75. The minimum atomic E-state index is -0.0678. The fraction of sp³-hybridized carbons (Fsp3) is 0.0455. The first kappa shape index (κ1) is 16.6. The molecule has 0 saturated heterocycles. The van der Waals surface area contributed by atoms with Crippen LogP contribution in [0.4, 0.5) is 5.69 Å². The minimum absolute atomic E-state index is 0.0678. The van der Waals surface area contributed by atoms with Gasteiger partial charge < -0.3 is 10.1 Å². The molecule has 3 aromatic carbocycles. The number of para-hydroxylation sites is 1. The van der Waals surface area contributed by atoms with Gasteiger partial charge in [-0.1, -0.05) is 58.4 Å². The smallest absolute Gasteiger partial charge is 0.256 e. The summed E-state index contributed by atoms with van der Waals surface area (Å²) in [6, 6.07) is 23.5. The molecule has 1 N–H and O–H groups in total. The Morgan fingerprint density at radius 1 is 0.923 bits per heavy atom. The van der Waals surface area contributed by atoms with E-state index in [0.717, 1.165) is 32.6 Å². The summed E-state index contributed by atoms with van der Waals surface area (Å²) in [6.07, 6.45) is 1.90. The topological polar surface area (TPSA) is 38.3 Å². The number of rotatable bonds is 4. The number of hydrogen-bond acceptors (Lipinski definition) is 2. The number of anilines is 1. The van der Waals surface area contributed by atoms with Gasteiger partial charge in [0.1, 0.15) is 12.4 Å². The van der Waals surface area contributed by atoms with Crippen molar-refractivity contribution < 1.29 is 9.53 Å². The second-order valence-corrected chi connectivity index (χ2v) is 6.96. The lowest BCUT2D eigenvalue weighted by Gasteiger charge is -2.07. The highest BCUT2D eigenvalue weighted by atomic mass is 79.9. The summed E-state index contributed by atoms with van der Waals surface area (Å²) in [4.78, 5) is 12.2. The average Bonchev–Trinajstić information content (AvgIpc) is 2.98. The molecule has 3 nitrogen and oxygen atoms in total. The van der Waals surface area contributed by atoms with E-state index >= 15 is 0 Å². The van der Waals surface area contributed by atoms with Gasteiger partial charge in [-0.15, -0.1) is 0 Å². The quantitative estimate of drug-likeness (QED) is 0.580. The average molecular weight is 406 g/mol. The molecule has 0 atom stereocenters. The molecular formula is C22H16BrNO2. The van der Waals surface area contributed by atoms with E-state index in [2.05, 4.69) is 21.2 Å². The van der Waals surface area contributed by atoms with Gasteiger partial charge in [0.05, 0.1) is 0 Å². The predicted molar refractivity (Wildman–Crippen MR) is 108 cm³/mol. The predicted octanol–water partition coefficient (Wildman–Crippen LogP) is 5.52. The molecule has 4 rings (SSSR count). The van der Waals surface area contributed by atoms with Gasteiger partial charge in [0.25, 0.3) is 5.91 Å². The van der Waals surface area contributed by atoms with E-state index in [1.165, 1.54) is 0 Å². The van der Waals surface area contributed by atoms with E-state index < -0.39 is 0 Å². The number of hydrogen-bond donors (Lipinski definition) is 1. The lowest BCUT2D eigenvalue weighted by molar-refractivity contribution is -0.110. The zero-order valence-corrected chi connectivity index (χ0v) is 15.5. The zero-order chi connectivity index (χ0) is 17.9. The van der Waals surface area contributed by atoms with E-state index in [4.69, 9.17) is 4.74 Å². The van der Waals surface area contributed by atoms with Crippen LogP contribution in [0.5, 0.6) is 5.75 Å². The molecule has 0 radical (unpaired) electrons. The van der Waals surface area contributed by atoms with Gasteiger partial charge in [-0.3, -0.25) is 4.79 Å². The van der Waals surface area contributed by atoms with Crippen molar-refractivity contribution in [3.8, 4) is 5.75 Å². The molecule has 128 valence electrons. The molecule has 0 unspecified atom stereocenters. The number of ether oxygens (including phenoxy) is 1. The number of fused-ring (bicyclic) bond motifs is 1. The van der Waals surface area contributed by atoms with Crippen molar-refractivity contribution >= 4 is 39.2 Å². The molecular weight excluding hydrogens is 390 g/mol. The maximum Gasteiger partial charge on any atom is 0.256 e. The van der Waals surface area contributed by atoms with Gasteiger partial charge in [-0.2, -0.15) is 0 Å². The third-order valence-electron chi connectivity index (χ3n) is 4.22. The fourth-order valence-corrected chi connectivity index (χ4v) is 3.12. The number of benzene rings is 3. The van der Waals surface area contributed by atoms with Crippen LogP contribution in [0.2, 0.25) is 0 Å². The van der Waals surface area contributed by atoms with E-state index in [1.54, 1.807) is 0 Å². The highest BCUT2D eigenvalue weighted by Gasteiger charge is 2.23. The second kappa shape index (κ2) is 7.18. The van der Waals surface area contributed by atoms with Crippen molar-refractivity contribution in [2.75, 3.05) is 5.32 Å². The Morgan fingerprint density at radius 2 is 1.65 bits per heavy atom. The van der Waals surface area contributed by atoms with Crippen LogP contribution >= 0.6 is 15.9 Å². The van der Waals surface area contributed by atoms with Crippen LogP contribution in [0.1, 0.15) is 16.7 Å². The number of carbonyl (C=O) groups is 1. The van der Waals surface area contributed by atoms with Crippen molar-refractivity contribution in [2.24, 2.45) is 0 Å². The minimum Gasteiger partial charge on any atom is -0.489 e. The largest absolute Gasteiger partial charge is 0.489 e. The molecule has 1 aliphatic heterocycles. The summed E-state index contributed by atoms with van der Waals surface area (Å²) >= 11 is 3.42. The summed E-state index contributed by atoms with van der Waals surface area (Å²) < 4.78 is 6.87. The van der Waals surface area contributed by atoms with Crippen molar-refractivity contribution in [3.05, 3.63) is 94.0 Å². The lowest BCUT2D eigenvalue weighted by atomic mass is 10.0. The number of carbonyl (C=O) groups excluding carboxylic acids is 1. The van der Waals surface area contributed by atoms with Crippen molar-refractivity contribution in [2.45, 2.75) is 6.61 Å². The SMILES string of the molecule is O=C1Nc2ccccc2/C1=C/c1ccc(OCc2ccc(Br)cc2)cc1. The van der Waals surface area contributed by atoms with Crippen molar-refractivity contribution in [3.63, 3.8) is 0 Å². The molecule has 0 spiro atoms. The number of halogens is 1. The van der Waals surface area contributed by atoms with Gasteiger partial charge in [0.2, 0.25) is 0 Å². The summed E-state index contributed by atoms with van der Waals surface area (Å²) in [5.41, 5.74) is 4.55. The zero-order valence-electron chi connectivity index (χ0n) is 13.9. The van der Waals surface area contributed by atoms with E-state index in [0.29, 0.717) is 12.2 Å². The van der Waals surface area contributed by atoms with Crippen LogP contribution in [0.25, 0.3) is 11.6 Å². The maximum absolute atomic E-state index is 12.2. The first-order valence-corrected chi connectivity index (χ1v) is 9.08. The summed E-state index contributed by atoms with van der Waals surface area (Å²) in [5, 5.41) is 2.89. The first-order chi connectivity index (χ1) is 12.7. The molecule has 0 fully saturated rings. The fourth-order valence-electron chi connectivity index (χ4n) is 2.86. The standard InChI is InChI=1S/C22H16BrNO2/c23-17-9-5-16(6-10-17)14-26-18-11-7-15(8-12-18)13-20-19-3-1-2-4-21(19)24-22(20)25/h1-13H,14H2,(H,24,25)/b20-13-. The molecule has 4 heteroatoms. The molecule has 0 aliphatic carbocycles. The summed E-state index contributed by atoms with van der Waals surface area (Å²) in [5.74, 6) is 0.730. The maximum atomic E-state index is 12.2. The van der Waals surface area contributed by atoms with E-state index in [9.17, 15) is 4.79 Å². The van der Waals surface area contributed by atoms with Gasteiger partial charge in [0.15, 0.2) is 0 Å². The van der Waals surface area contributed by atoms with Gasteiger partial charge >= 0.3 is 0 Å². The van der Waals surface area contributed by atoms with Crippen molar-refractivity contribution in [1.29, 1.82) is 0 Å². The number of nitrogens with one attached hydrogen (secondary N) is 1. The van der Waals surface area contributed by atoms with Crippen LogP contribution in [-0.4, -0.2) is 5.91 Å². The monoisotopic (exact) mass is 405 g/mol.